The van der Waals surface area contributed by atoms with Gasteiger partial charge in [-0.15, -0.1) is 0 Å². The fourth-order valence-electron chi connectivity index (χ4n) is 12.0. The van der Waals surface area contributed by atoms with Crippen LogP contribution >= 0.6 is 0 Å². The van der Waals surface area contributed by atoms with Crippen molar-refractivity contribution >= 4 is 32.6 Å². The van der Waals surface area contributed by atoms with Crippen LogP contribution in [0.25, 0.3) is 60.6 Å². The minimum absolute atomic E-state index is 0.0371. The summed E-state index contributed by atoms with van der Waals surface area (Å²) in [4.78, 5) is 0. The van der Waals surface area contributed by atoms with Crippen molar-refractivity contribution in [3.05, 3.63) is 203 Å². The largest absolute Gasteiger partial charge is 0.309 e. The number of benzene rings is 7. The average Bonchev–Trinajstić information content (AvgIpc) is 3.65. The van der Waals surface area contributed by atoms with Gasteiger partial charge in [0.25, 0.3) is 0 Å². The summed E-state index contributed by atoms with van der Waals surface area (Å²) in [6.45, 7) is 9.44. The standard InChI is InChI=1S/C58H53N2/c1-5-9-19-39-20-17-24-44(36-39)58(43-22-11-10-12-23-43)51-27-15-16-29-54(51)60-53-33-31-42(37-48(53)47-26-18-28-52(58)56(47)60)41-30-32-46-49(38-41)55-45-25-14-13-21-40(45)34-35-59(55)57(7-3,8-4)50(46)6-2/h10-18,20-38,50H,5-9,19H2,1-4H3/q+1. The number of hydrogen-bond acceptors (Lipinski definition) is 0. The predicted octanol–water partition coefficient (Wildman–Crippen LogP) is 14.6. The molecule has 2 heteroatoms. The molecule has 0 spiro atoms. The minimum Gasteiger partial charge on any atom is -0.309 e. The van der Waals surface area contributed by atoms with E-state index in [1.807, 2.05) is 0 Å². The first kappa shape index (κ1) is 36.8. The summed E-state index contributed by atoms with van der Waals surface area (Å²) in [7, 11) is 0. The van der Waals surface area contributed by atoms with Crippen molar-refractivity contribution in [2.75, 3.05) is 0 Å². The number of unbranched alkanes of at least 4 members (excludes halogenated alkanes) is 1. The van der Waals surface area contributed by atoms with Gasteiger partial charge < -0.3 is 4.57 Å². The molecule has 7 aromatic carbocycles. The summed E-state index contributed by atoms with van der Waals surface area (Å²) in [5.41, 5.74) is 16.8. The second-order valence-electron chi connectivity index (χ2n) is 17.4. The molecule has 2 aliphatic rings. The van der Waals surface area contributed by atoms with E-state index in [0.29, 0.717) is 5.92 Å². The first-order valence-electron chi connectivity index (χ1n) is 22.5. The van der Waals surface area contributed by atoms with Crippen LogP contribution in [0, 0.1) is 0 Å². The van der Waals surface area contributed by atoms with Crippen molar-refractivity contribution in [2.24, 2.45) is 0 Å². The van der Waals surface area contributed by atoms with Gasteiger partial charge in [0.2, 0.25) is 5.69 Å². The molecule has 294 valence electrons. The molecule has 60 heavy (non-hydrogen) atoms. The molecule has 0 fully saturated rings. The van der Waals surface area contributed by atoms with Crippen LogP contribution in [-0.4, -0.2) is 4.57 Å². The van der Waals surface area contributed by atoms with Gasteiger partial charge in [-0.05, 0) is 99.5 Å². The van der Waals surface area contributed by atoms with Crippen LogP contribution in [0.15, 0.2) is 170 Å². The Morgan fingerprint density at radius 2 is 1.30 bits per heavy atom. The topological polar surface area (TPSA) is 8.81 Å². The molecule has 2 aliphatic heterocycles. The Balaban J connectivity index is 1.16. The number of aromatic nitrogens is 2. The van der Waals surface area contributed by atoms with E-state index in [9.17, 15) is 0 Å². The highest BCUT2D eigenvalue weighted by Gasteiger charge is 2.51. The average molecular weight is 778 g/mol. The molecular formula is C58H53N2+. The van der Waals surface area contributed by atoms with Crippen LogP contribution in [0.2, 0.25) is 0 Å². The van der Waals surface area contributed by atoms with Gasteiger partial charge in [0.1, 0.15) is 0 Å². The van der Waals surface area contributed by atoms with Crippen molar-refractivity contribution < 1.29 is 4.57 Å². The van der Waals surface area contributed by atoms with Crippen LogP contribution in [0.4, 0.5) is 0 Å². The van der Waals surface area contributed by atoms with Crippen molar-refractivity contribution in [2.45, 2.75) is 83.1 Å². The minimum atomic E-state index is -0.485. The molecule has 0 amide bonds. The molecule has 0 saturated heterocycles. The van der Waals surface area contributed by atoms with Crippen LogP contribution < -0.4 is 4.57 Å². The third-order valence-electron chi connectivity index (χ3n) is 14.8. The molecule has 2 nitrogen and oxygen atoms in total. The van der Waals surface area contributed by atoms with Gasteiger partial charge in [0.05, 0.1) is 33.1 Å². The molecule has 0 radical (unpaired) electrons. The summed E-state index contributed by atoms with van der Waals surface area (Å²) >= 11 is 0. The number of nitrogens with zero attached hydrogens (tertiary/aromatic N) is 2. The van der Waals surface area contributed by atoms with Crippen LogP contribution in [-0.2, 0) is 17.4 Å². The Bertz CT molecular complexity index is 3110. The van der Waals surface area contributed by atoms with E-state index in [1.165, 1.54) is 107 Å². The highest BCUT2D eigenvalue weighted by atomic mass is 15.1. The van der Waals surface area contributed by atoms with E-state index in [0.717, 1.165) is 25.7 Å². The second kappa shape index (κ2) is 14.2. The number of rotatable bonds is 9. The molecule has 9 aromatic rings. The molecule has 4 heterocycles. The third kappa shape index (κ3) is 5.03. The maximum Gasteiger partial charge on any atom is 0.221 e. The summed E-state index contributed by atoms with van der Waals surface area (Å²) in [5, 5.41) is 5.22. The number of pyridine rings is 1. The fourth-order valence-corrected chi connectivity index (χ4v) is 12.0. The van der Waals surface area contributed by atoms with Gasteiger partial charge in [-0.2, -0.15) is 4.57 Å². The lowest BCUT2D eigenvalue weighted by molar-refractivity contribution is -0.761. The number of aryl methyl sites for hydroxylation is 1. The van der Waals surface area contributed by atoms with Gasteiger partial charge >= 0.3 is 0 Å². The normalized spacial score (nSPS) is 17.4. The van der Waals surface area contributed by atoms with Gasteiger partial charge in [-0.1, -0.05) is 162 Å². The Labute approximate surface area is 354 Å². The summed E-state index contributed by atoms with van der Waals surface area (Å²) in [5.74, 6) is 0.438. The Morgan fingerprint density at radius 3 is 2.13 bits per heavy atom. The Kier molecular flexibility index (Phi) is 8.71. The molecule has 0 N–H and O–H groups in total. The van der Waals surface area contributed by atoms with E-state index in [4.69, 9.17) is 0 Å². The van der Waals surface area contributed by atoms with Crippen molar-refractivity contribution in [1.82, 2.24) is 4.57 Å². The predicted molar refractivity (Wildman–Crippen MR) is 251 cm³/mol. The monoisotopic (exact) mass is 777 g/mol. The molecule has 2 aromatic heterocycles. The summed E-state index contributed by atoms with van der Waals surface area (Å²) in [6.07, 6.45) is 9.15. The zero-order valence-electron chi connectivity index (χ0n) is 35.4. The molecule has 2 unspecified atom stereocenters. The maximum atomic E-state index is 2.67. The van der Waals surface area contributed by atoms with Gasteiger partial charge in [-0.3, -0.25) is 0 Å². The maximum absolute atomic E-state index is 2.67. The Hall–Kier alpha value is -6.25. The van der Waals surface area contributed by atoms with Gasteiger partial charge in [0, 0.05) is 35.6 Å². The lowest BCUT2D eigenvalue weighted by Gasteiger charge is -2.42. The zero-order valence-corrected chi connectivity index (χ0v) is 35.4. The van der Waals surface area contributed by atoms with E-state index < -0.39 is 5.41 Å². The molecule has 11 rings (SSSR count). The zero-order chi connectivity index (χ0) is 40.6. The van der Waals surface area contributed by atoms with E-state index in [2.05, 4.69) is 207 Å². The SMILES string of the molecule is CCCCc1cccc(C2(c3ccccc3)c3ccccc3-n3c4ccc(-c5ccc6c(c5)-c5c7ccccc7cc[n+]5C(CC)(CC)C6CC)cc4c4cccc2c43)c1. The first-order valence-corrected chi connectivity index (χ1v) is 22.5. The smallest absolute Gasteiger partial charge is 0.221 e. The van der Waals surface area contributed by atoms with E-state index >= 15 is 0 Å². The highest BCUT2D eigenvalue weighted by Crippen LogP contribution is 2.55. The third-order valence-corrected chi connectivity index (χ3v) is 14.8. The molecule has 2 atom stereocenters. The lowest BCUT2D eigenvalue weighted by Crippen LogP contribution is -2.62. The van der Waals surface area contributed by atoms with Gasteiger partial charge in [0.15, 0.2) is 11.7 Å². The molecular weight excluding hydrogens is 725 g/mol. The van der Waals surface area contributed by atoms with E-state index in [-0.39, 0.29) is 5.54 Å². The van der Waals surface area contributed by atoms with Crippen molar-refractivity contribution in [1.29, 1.82) is 0 Å². The second-order valence-corrected chi connectivity index (χ2v) is 17.4. The van der Waals surface area contributed by atoms with Crippen molar-refractivity contribution in [3.8, 4) is 28.1 Å². The Morgan fingerprint density at radius 1 is 0.583 bits per heavy atom. The molecule has 0 saturated carbocycles. The van der Waals surface area contributed by atoms with Gasteiger partial charge in [-0.25, -0.2) is 0 Å². The first-order chi connectivity index (χ1) is 29.6. The summed E-state index contributed by atoms with van der Waals surface area (Å²) < 4.78 is 5.23. The lowest BCUT2D eigenvalue weighted by atomic mass is 9.63. The number of para-hydroxylation sites is 2. The molecule has 0 aliphatic carbocycles. The highest BCUT2D eigenvalue weighted by molar-refractivity contribution is 6.13. The number of fused-ring (bicyclic) bond motifs is 10. The van der Waals surface area contributed by atoms with Crippen molar-refractivity contribution in [3.63, 3.8) is 0 Å². The van der Waals surface area contributed by atoms with E-state index in [1.54, 1.807) is 0 Å². The quantitative estimate of drug-likeness (QED) is 0.129. The van der Waals surface area contributed by atoms with Crippen LogP contribution in [0.1, 0.15) is 99.1 Å². The fraction of sp³-hybridized carbons (Fsp3) is 0.224. The number of hydrogen-bond donors (Lipinski definition) is 0. The van der Waals surface area contributed by atoms with Crippen LogP contribution in [0.5, 0.6) is 0 Å². The molecule has 0 bridgehead atoms. The van der Waals surface area contributed by atoms with Crippen LogP contribution in [0.3, 0.4) is 0 Å². The summed E-state index contributed by atoms with van der Waals surface area (Å²) in [6, 6.07) is 62.9.